The van der Waals surface area contributed by atoms with Crippen LogP contribution in [0.25, 0.3) is 0 Å². The zero-order chi connectivity index (χ0) is 16.3. The summed E-state index contributed by atoms with van der Waals surface area (Å²) in [7, 11) is 0. The molecule has 0 aliphatic rings. The van der Waals surface area contributed by atoms with Gasteiger partial charge in [-0.05, 0) is 31.5 Å². The molecule has 0 saturated carbocycles. The van der Waals surface area contributed by atoms with Crippen molar-refractivity contribution in [2.75, 3.05) is 11.2 Å². The van der Waals surface area contributed by atoms with Gasteiger partial charge in [-0.15, -0.1) is 10.2 Å². The van der Waals surface area contributed by atoms with Crippen LogP contribution >= 0.6 is 23.4 Å². The molecule has 0 bridgehead atoms. The van der Waals surface area contributed by atoms with Crippen molar-refractivity contribution in [1.82, 2.24) is 14.9 Å². The van der Waals surface area contributed by atoms with E-state index in [4.69, 9.17) is 17.4 Å². The van der Waals surface area contributed by atoms with Crippen LogP contribution in [0.15, 0.2) is 23.4 Å². The lowest BCUT2D eigenvalue weighted by Crippen LogP contribution is -2.24. The molecule has 1 aromatic carbocycles. The number of nitrogens with two attached hydrogens (primary N) is 1. The van der Waals surface area contributed by atoms with E-state index in [1.807, 2.05) is 19.9 Å². The average molecular weight is 340 g/mol. The van der Waals surface area contributed by atoms with Crippen molar-refractivity contribution in [2.45, 2.75) is 37.6 Å². The van der Waals surface area contributed by atoms with Gasteiger partial charge in [-0.2, -0.15) is 0 Å². The summed E-state index contributed by atoms with van der Waals surface area (Å²) in [6, 6.07) is 5.40. The van der Waals surface area contributed by atoms with Crippen molar-refractivity contribution < 1.29 is 4.79 Å². The molecule has 0 aliphatic carbocycles. The lowest BCUT2D eigenvalue weighted by molar-refractivity contribution is -0.115. The van der Waals surface area contributed by atoms with E-state index in [0.717, 1.165) is 5.56 Å². The van der Waals surface area contributed by atoms with Crippen LogP contribution < -0.4 is 11.2 Å². The first kappa shape index (κ1) is 16.6. The van der Waals surface area contributed by atoms with E-state index in [0.29, 0.717) is 28.1 Å². The minimum Gasteiger partial charge on any atom is -0.336 e. The number of thioether (sulfide) groups is 1. The van der Waals surface area contributed by atoms with Crippen molar-refractivity contribution in [3.63, 3.8) is 0 Å². The van der Waals surface area contributed by atoms with Crippen LogP contribution in [-0.2, 0) is 11.2 Å². The van der Waals surface area contributed by atoms with E-state index >= 15 is 0 Å². The van der Waals surface area contributed by atoms with Crippen LogP contribution in [0.3, 0.4) is 0 Å². The Balaban J connectivity index is 2.06. The van der Waals surface area contributed by atoms with E-state index in [1.165, 1.54) is 16.4 Å². The first-order valence-corrected chi connectivity index (χ1v) is 8.11. The monoisotopic (exact) mass is 339 g/mol. The summed E-state index contributed by atoms with van der Waals surface area (Å²) >= 11 is 7.31. The maximum absolute atomic E-state index is 12.3. The number of carbonyl (C=O) groups excluding carboxylic acids is 1. The quantitative estimate of drug-likeness (QED) is 0.646. The SMILES string of the molecule is CCc1nnc(S[C@@H](C)C(=O)Nc2cccc(Cl)c2C)n1N. The number of nitrogens with one attached hydrogen (secondary N) is 1. The Kier molecular flexibility index (Phi) is 5.31. The number of aryl methyl sites for hydroxylation is 1. The summed E-state index contributed by atoms with van der Waals surface area (Å²) in [5, 5.41) is 11.6. The highest BCUT2D eigenvalue weighted by Gasteiger charge is 2.19. The molecule has 22 heavy (non-hydrogen) atoms. The molecule has 1 atom stereocenters. The Morgan fingerprint density at radius 3 is 2.86 bits per heavy atom. The molecule has 0 radical (unpaired) electrons. The molecule has 3 N–H and O–H groups in total. The molecule has 1 heterocycles. The molecule has 0 aliphatic heterocycles. The number of hydrogen-bond acceptors (Lipinski definition) is 5. The minimum absolute atomic E-state index is 0.142. The first-order chi connectivity index (χ1) is 10.4. The Hall–Kier alpha value is -1.73. The molecule has 6 nitrogen and oxygen atoms in total. The third-order valence-corrected chi connectivity index (χ3v) is 4.69. The van der Waals surface area contributed by atoms with Gasteiger partial charge in [0.15, 0.2) is 5.82 Å². The summed E-state index contributed by atoms with van der Waals surface area (Å²) < 4.78 is 1.42. The summed E-state index contributed by atoms with van der Waals surface area (Å²) in [5.74, 6) is 6.42. The predicted octanol–water partition coefficient (Wildman–Crippen LogP) is 2.64. The van der Waals surface area contributed by atoms with Gasteiger partial charge in [0.05, 0.1) is 5.25 Å². The number of rotatable bonds is 5. The van der Waals surface area contributed by atoms with E-state index < -0.39 is 0 Å². The van der Waals surface area contributed by atoms with Crippen LogP contribution in [0.5, 0.6) is 0 Å². The predicted molar refractivity (Wildman–Crippen MR) is 89.7 cm³/mol. The van der Waals surface area contributed by atoms with Gasteiger partial charge in [-0.1, -0.05) is 36.4 Å². The topological polar surface area (TPSA) is 85.8 Å². The van der Waals surface area contributed by atoms with Crippen molar-refractivity contribution in [3.05, 3.63) is 34.6 Å². The molecule has 0 saturated heterocycles. The number of carbonyl (C=O) groups is 1. The maximum Gasteiger partial charge on any atom is 0.237 e. The zero-order valence-electron chi connectivity index (χ0n) is 12.6. The second-order valence-electron chi connectivity index (χ2n) is 4.78. The molecule has 118 valence electrons. The molecule has 0 spiro atoms. The summed E-state index contributed by atoms with van der Waals surface area (Å²) in [5.41, 5.74) is 1.54. The largest absolute Gasteiger partial charge is 0.336 e. The molecular weight excluding hydrogens is 322 g/mol. The highest BCUT2D eigenvalue weighted by molar-refractivity contribution is 8.00. The van der Waals surface area contributed by atoms with Crippen molar-refractivity contribution in [1.29, 1.82) is 0 Å². The normalized spacial score (nSPS) is 12.2. The number of aromatic nitrogens is 3. The smallest absolute Gasteiger partial charge is 0.237 e. The Labute approximate surface area is 138 Å². The standard InChI is InChI=1S/C14H18ClN5OS/c1-4-12-18-19-14(20(12)16)22-9(3)13(21)17-11-7-5-6-10(15)8(11)2/h5-7,9H,4,16H2,1-3H3,(H,17,21)/t9-/m0/s1. The fourth-order valence-electron chi connectivity index (χ4n) is 1.82. The number of anilines is 1. The number of hydrogen-bond donors (Lipinski definition) is 2. The fourth-order valence-corrected chi connectivity index (χ4v) is 2.78. The van der Waals surface area contributed by atoms with Crippen molar-refractivity contribution >= 4 is 35.0 Å². The van der Waals surface area contributed by atoms with Gasteiger partial charge >= 0.3 is 0 Å². The van der Waals surface area contributed by atoms with Gasteiger partial charge in [0.1, 0.15) is 0 Å². The molecule has 1 amide bonds. The number of nitrogen functional groups attached to an aromatic ring is 1. The summed E-state index contributed by atoms with van der Waals surface area (Å²) in [6.45, 7) is 5.60. The van der Waals surface area contributed by atoms with Gasteiger partial charge in [-0.25, -0.2) is 4.68 Å². The van der Waals surface area contributed by atoms with E-state index in [-0.39, 0.29) is 11.2 Å². The third-order valence-electron chi connectivity index (χ3n) is 3.23. The second kappa shape index (κ2) is 7.02. The maximum atomic E-state index is 12.3. The van der Waals surface area contributed by atoms with Crippen molar-refractivity contribution in [3.8, 4) is 0 Å². The van der Waals surface area contributed by atoms with Crippen LogP contribution in [0.4, 0.5) is 5.69 Å². The zero-order valence-corrected chi connectivity index (χ0v) is 14.2. The second-order valence-corrected chi connectivity index (χ2v) is 6.50. The van der Waals surface area contributed by atoms with E-state index in [2.05, 4.69) is 15.5 Å². The molecule has 0 fully saturated rings. The van der Waals surface area contributed by atoms with Gasteiger partial charge < -0.3 is 11.2 Å². The van der Waals surface area contributed by atoms with Crippen LogP contribution in [0.1, 0.15) is 25.2 Å². The summed E-state index contributed by atoms with van der Waals surface area (Å²) in [6.07, 6.45) is 0.687. The molecule has 1 aromatic heterocycles. The lowest BCUT2D eigenvalue weighted by atomic mass is 10.2. The van der Waals surface area contributed by atoms with Gasteiger partial charge in [0.25, 0.3) is 0 Å². The highest BCUT2D eigenvalue weighted by Crippen LogP contribution is 2.25. The highest BCUT2D eigenvalue weighted by atomic mass is 35.5. The van der Waals surface area contributed by atoms with Gasteiger partial charge in [0, 0.05) is 17.1 Å². The van der Waals surface area contributed by atoms with E-state index in [9.17, 15) is 4.79 Å². The average Bonchev–Trinajstić information content (AvgIpc) is 2.84. The van der Waals surface area contributed by atoms with E-state index in [1.54, 1.807) is 19.1 Å². The van der Waals surface area contributed by atoms with Gasteiger partial charge in [0.2, 0.25) is 11.1 Å². The Bertz CT molecular complexity index is 688. The molecular formula is C14H18ClN5OS. The Morgan fingerprint density at radius 2 is 2.23 bits per heavy atom. The number of halogens is 1. The molecule has 0 unspecified atom stereocenters. The fraction of sp³-hybridized carbons (Fsp3) is 0.357. The third kappa shape index (κ3) is 3.53. The number of nitrogens with zero attached hydrogens (tertiary/aromatic N) is 3. The lowest BCUT2D eigenvalue weighted by Gasteiger charge is -2.13. The Morgan fingerprint density at radius 1 is 1.50 bits per heavy atom. The summed E-state index contributed by atoms with van der Waals surface area (Å²) in [4.78, 5) is 12.3. The number of amides is 1. The van der Waals surface area contributed by atoms with Crippen LogP contribution in [-0.4, -0.2) is 26.0 Å². The van der Waals surface area contributed by atoms with Crippen molar-refractivity contribution in [2.24, 2.45) is 0 Å². The first-order valence-electron chi connectivity index (χ1n) is 6.86. The molecule has 8 heteroatoms. The molecule has 2 rings (SSSR count). The van der Waals surface area contributed by atoms with Crippen LogP contribution in [0.2, 0.25) is 5.02 Å². The molecule has 2 aromatic rings. The number of benzene rings is 1. The van der Waals surface area contributed by atoms with Gasteiger partial charge in [-0.3, -0.25) is 4.79 Å². The van der Waals surface area contributed by atoms with Crippen LogP contribution in [0, 0.1) is 6.92 Å². The minimum atomic E-state index is -0.366.